The molecule has 1 N–H and O–H groups in total. The number of anilines is 1. The smallest absolute Gasteiger partial charge is 0.243 e. The summed E-state index contributed by atoms with van der Waals surface area (Å²) in [6.45, 7) is 5.08. The van der Waals surface area contributed by atoms with Crippen LogP contribution in [0.15, 0.2) is 52.5 Å². The molecule has 1 fully saturated rings. The minimum absolute atomic E-state index is 0.0777. The predicted molar refractivity (Wildman–Crippen MR) is 122 cm³/mol. The van der Waals surface area contributed by atoms with Gasteiger partial charge in [0.1, 0.15) is 0 Å². The molecule has 168 valence electrons. The summed E-state index contributed by atoms with van der Waals surface area (Å²) in [6.07, 6.45) is 1.74. The Hall–Kier alpha value is -2.76. The van der Waals surface area contributed by atoms with E-state index >= 15 is 0 Å². The van der Waals surface area contributed by atoms with E-state index in [4.69, 9.17) is 0 Å². The standard InChI is InChI=1S/C21H24N6O3S2/c1-15-7-5-10-19(16(15)2)27-21(23-24-25-27)31-14-20(28)22-17-8-6-9-18(13-17)32(29,30)26-11-3-4-12-26/h5-10,13H,3-4,11-12,14H2,1-2H3,(H,22,28). The molecule has 32 heavy (non-hydrogen) atoms. The molecule has 0 bridgehead atoms. The largest absolute Gasteiger partial charge is 0.325 e. The highest BCUT2D eigenvalue weighted by Gasteiger charge is 2.27. The highest BCUT2D eigenvalue weighted by molar-refractivity contribution is 7.99. The maximum atomic E-state index is 12.8. The first-order valence-corrected chi connectivity index (χ1v) is 12.7. The third-order valence-electron chi connectivity index (χ3n) is 5.40. The van der Waals surface area contributed by atoms with Gasteiger partial charge in [0.15, 0.2) is 0 Å². The van der Waals surface area contributed by atoms with Gasteiger partial charge in [0.05, 0.1) is 16.3 Å². The lowest BCUT2D eigenvalue weighted by Crippen LogP contribution is -2.28. The summed E-state index contributed by atoms with van der Waals surface area (Å²) >= 11 is 1.21. The predicted octanol–water partition coefficient (Wildman–Crippen LogP) is 2.79. The van der Waals surface area contributed by atoms with Crippen molar-refractivity contribution in [1.29, 1.82) is 0 Å². The zero-order valence-electron chi connectivity index (χ0n) is 17.9. The molecule has 1 aromatic heterocycles. The molecule has 2 heterocycles. The van der Waals surface area contributed by atoms with Crippen LogP contribution in [0.5, 0.6) is 0 Å². The molecule has 0 spiro atoms. The highest BCUT2D eigenvalue weighted by atomic mass is 32.2. The van der Waals surface area contributed by atoms with Crippen molar-refractivity contribution in [2.45, 2.75) is 36.7 Å². The van der Waals surface area contributed by atoms with E-state index in [-0.39, 0.29) is 16.6 Å². The van der Waals surface area contributed by atoms with Crippen LogP contribution in [0.4, 0.5) is 5.69 Å². The molecule has 0 atom stereocenters. The zero-order chi connectivity index (χ0) is 22.7. The van der Waals surface area contributed by atoms with Crippen LogP contribution in [0.2, 0.25) is 0 Å². The normalized spacial score (nSPS) is 14.6. The van der Waals surface area contributed by atoms with Crippen molar-refractivity contribution in [1.82, 2.24) is 24.5 Å². The Bertz CT molecular complexity index is 1240. The molecule has 0 radical (unpaired) electrons. The number of nitrogens with zero attached hydrogens (tertiary/aromatic N) is 5. The van der Waals surface area contributed by atoms with Crippen molar-refractivity contribution in [2.24, 2.45) is 0 Å². The fourth-order valence-corrected chi connectivity index (χ4v) is 5.77. The van der Waals surface area contributed by atoms with E-state index < -0.39 is 10.0 Å². The molecule has 0 unspecified atom stereocenters. The van der Waals surface area contributed by atoms with Crippen LogP contribution < -0.4 is 5.32 Å². The van der Waals surface area contributed by atoms with Crippen LogP contribution in [0.3, 0.4) is 0 Å². The molecular formula is C21H24N6O3S2. The molecule has 0 saturated carbocycles. The fraction of sp³-hybridized carbons (Fsp3) is 0.333. The highest BCUT2D eigenvalue weighted by Crippen LogP contribution is 2.25. The Kier molecular flexibility index (Phi) is 6.58. The average Bonchev–Trinajstić information content (AvgIpc) is 3.47. The van der Waals surface area contributed by atoms with Crippen molar-refractivity contribution in [3.8, 4) is 5.69 Å². The van der Waals surface area contributed by atoms with E-state index in [1.54, 1.807) is 22.9 Å². The second kappa shape index (κ2) is 9.39. The molecule has 1 saturated heterocycles. The fourth-order valence-electron chi connectivity index (χ4n) is 3.52. The van der Waals surface area contributed by atoms with Crippen LogP contribution in [-0.4, -0.2) is 57.7 Å². The lowest BCUT2D eigenvalue weighted by molar-refractivity contribution is -0.113. The number of rotatable bonds is 7. The van der Waals surface area contributed by atoms with Crippen LogP contribution in [0.1, 0.15) is 24.0 Å². The van der Waals surface area contributed by atoms with Crippen molar-refractivity contribution in [3.05, 3.63) is 53.6 Å². The Balaban J connectivity index is 1.43. The van der Waals surface area contributed by atoms with Gasteiger partial charge in [-0.25, -0.2) is 8.42 Å². The van der Waals surface area contributed by atoms with Gasteiger partial charge in [-0.05, 0) is 72.5 Å². The first-order chi connectivity index (χ1) is 15.4. The molecule has 0 aliphatic carbocycles. The van der Waals surface area contributed by atoms with Crippen LogP contribution >= 0.6 is 11.8 Å². The third-order valence-corrected chi connectivity index (χ3v) is 8.21. The Labute approximate surface area is 191 Å². The number of nitrogens with one attached hydrogen (secondary N) is 1. The molecule has 3 aromatic rings. The van der Waals surface area contributed by atoms with Gasteiger partial charge in [0, 0.05) is 18.8 Å². The Morgan fingerprint density at radius 1 is 1.12 bits per heavy atom. The quantitative estimate of drug-likeness (QED) is 0.527. The van der Waals surface area contributed by atoms with Gasteiger partial charge in [0.2, 0.25) is 21.1 Å². The molecular weight excluding hydrogens is 448 g/mol. The maximum Gasteiger partial charge on any atom is 0.243 e. The van der Waals surface area contributed by atoms with Gasteiger partial charge in [-0.2, -0.15) is 8.99 Å². The topological polar surface area (TPSA) is 110 Å². The number of thioether (sulfide) groups is 1. The van der Waals surface area contributed by atoms with Crippen molar-refractivity contribution >= 4 is 33.4 Å². The number of carbonyl (C=O) groups excluding carboxylic acids is 1. The molecule has 4 rings (SSSR count). The van der Waals surface area contributed by atoms with Crippen molar-refractivity contribution < 1.29 is 13.2 Å². The summed E-state index contributed by atoms with van der Waals surface area (Å²) in [4.78, 5) is 12.7. The summed E-state index contributed by atoms with van der Waals surface area (Å²) in [5, 5.41) is 15.1. The minimum atomic E-state index is -3.54. The number of hydrogen-bond donors (Lipinski definition) is 1. The molecule has 2 aromatic carbocycles. The second-order valence-corrected chi connectivity index (χ2v) is 10.4. The van der Waals surface area contributed by atoms with E-state index in [1.807, 2.05) is 32.0 Å². The SMILES string of the molecule is Cc1cccc(-n2nnnc2SCC(=O)Nc2cccc(S(=O)(=O)N3CCCC3)c2)c1C. The Morgan fingerprint density at radius 3 is 2.66 bits per heavy atom. The number of carbonyl (C=O) groups is 1. The third kappa shape index (κ3) is 4.69. The summed E-state index contributed by atoms with van der Waals surface area (Å²) < 4.78 is 28.6. The lowest BCUT2D eigenvalue weighted by atomic mass is 10.1. The van der Waals surface area contributed by atoms with Gasteiger partial charge in [0.25, 0.3) is 0 Å². The van der Waals surface area contributed by atoms with E-state index in [0.717, 1.165) is 29.7 Å². The molecule has 11 heteroatoms. The van der Waals surface area contributed by atoms with Gasteiger partial charge in [-0.3, -0.25) is 4.79 Å². The van der Waals surface area contributed by atoms with Gasteiger partial charge >= 0.3 is 0 Å². The first-order valence-electron chi connectivity index (χ1n) is 10.2. The number of sulfonamides is 1. The molecule has 1 aliphatic heterocycles. The number of benzene rings is 2. The summed E-state index contributed by atoms with van der Waals surface area (Å²) in [5.41, 5.74) is 3.47. The van der Waals surface area contributed by atoms with Gasteiger partial charge in [-0.1, -0.05) is 30.0 Å². The monoisotopic (exact) mass is 472 g/mol. The summed E-state index contributed by atoms with van der Waals surface area (Å²) in [6, 6.07) is 12.2. The summed E-state index contributed by atoms with van der Waals surface area (Å²) in [7, 11) is -3.54. The lowest BCUT2D eigenvalue weighted by Gasteiger charge is -2.16. The number of amides is 1. The average molecular weight is 473 g/mol. The van der Waals surface area contributed by atoms with Gasteiger partial charge < -0.3 is 5.32 Å². The van der Waals surface area contributed by atoms with E-state index in [2.05, 4.69) is 20.8 Å². The molecule has 1 aliphatic rings. The number of hydrogen-bond acceptors (Lipinski definition) is 7. The second-order valence-electron chi connectivity index (χ2n) is 7.57. The number of aryl methyl sites for hydroxylation is 1. The van der Waals surface area contributed by atoms with Crippen molar-refractivity contribution in [3.63, 3.8) is 0 Å². The van der Waals surface area contributed by atoms with E-state index in [1.165, 1.54) is 22.1 Å². The number of tetrazole rings is 1. The molecule has 1 amide bonds. The zero-order valence-corrected chi connectivity index (χ0v) is 19.5. The summed E-state index contributed by atoms with van der Waals surface area (Å²) in [5.74, 6) is -0.199. The van der Waals surface area contributed by atoms with Crippen LogP contribution in [-0.2, 0) is 14.8 Å². The molecule has 9 nitrogen and oxygen atoms in total. The Morgan fingerprint density at radius 2 is 1.88 bits per heavy atom. The number of aromatic nitrogens is 4. The van der Waals surface area contributed by atoms with E-state index in [0.29, 0.717) is 23.9 Å². The maximum absolute atomic E-state index is 12.8. The van der Waals surface area contributed by atoms with Gasteiger partial charge in [-0.15, -0.1) is 5.10 Å². The van der Waals surface area contributed by atoms with E-state index in [9.17, 15) is 13.2 Å². The van der Waals surface area contributed by atoms with Crippen LogP contribution in [0.25, 0.3) is 5.69 Å². The first kappa shape index (κ1) is 22.4. The minimum Gasteiger partial charge on any atom is -0.325 e. The van der Waals surface area contributed by atoms with Crippen molar-refractivity contribution in [2.75, 3.05) is 24.2 Å². The van der Waals surface area contributed by atoms with Crippen LogP contribution in [0, 0.1) is 13.8 Å².